The van der Waals surface area contributed by atoms with E-state index in [1.54, 1.807) is 0 Å². The van der Waals surface area contributed by atoms with Gasteiger partial charge in [-0.05, 0) is 80.7 Å². The fourth-order valence-electron chi connectivity index (χ4n) is 10.6. The van der Waals surface area contributed by atoms with Crippen molar-refractivity contribution < 1.29 is 29.6 Å². The Morgan fingerprint density at radius 2 is 0.671 bits per heavy atom. The van der Waals surface area contributed by atoms with Crippen LogP contribution in [0.15, 0.2) is 24.3 Å². The third-order valence-electron chi connectivity index (χ3n) is 15.7. The second-order valence-corrected chi connectivity index (χ2v) is 27.4. The van der Waals surface area contributed by atoms with Crippen LogP contribution in [-0.2, 0) is 48.8 Å². The first-order valence-corrected chi connectivity index (χ1v) is 32.0. The number of aliphatic carboxylic acids is 1. The Morgan fingerprint density at radius 1 is 0.408 bits per heavy atom. The zero-order valence-electron chi connectivity index (χ0n) is 52.6. The minimum atomic E-state index is -0.700. The van der Waals surface area contributed by atoms with Crippen molar-refractivity contribution in [3.05, 3.63) is 57.6 Å². The number of hydrogen-bond donors (Lipinski definition) is 3. The van der Waals surface area contributed by atoms with E-state index < -0.39 is 5.97 Å². The predicted octanol–water partition coefficient (Wildman–Crippen LogP) is 21.6. The molecular weight excluding hydrogens is 937 g/mol. The van der Waals surface area contributed by atoms with Crippen LogP contribution in [0.2, 0.25) is 0 Å². The Labute approximate surface area is 470 Å². The molecule has 0 aliphatic carbocycles. The van der Waals surface area contributed by atoms with Crippen LogP contribution in [0.1, 0.15) is 349 Å². The monoisotopic (exact) mass is 1060 g/mol. The summed E-state index contributed by atoms with van der Waals surface area (Å²) in [7, 11) is 0. The lowest BCUT2D eigenvalue weighted by atomic mass is 9.77. The van der Waals surface area contributed by atoms with E-state index in [9.17, 15) is 24.9 Å². The van der Waals surface area contributed by atoms with Gasteiger partial charge >= 0.3 is 11.9 Å². The SMILES string of the molecule is CCCCCCCCCCCCCCCCCCC(Cc1cc(C(C)(C)C)c(O)c(C(C)(C)C)c1)C(=O)O.CCCCCCCCCCCCCCCCCCOC(=O)CCc1cc(C(C)(C)C)c(O)c(C(C)(C)C)c1. The molecule has 0 saturated heterocycles. The fourth-order valence-corrected chi connectivity index (χ4v) is 10.6. The first-order chi connectivity index (χ1) is 35.8. The zero-order valence-corrected chi connectivity index (χ0v) is 52.6. The molecule has 6 heteroatoms. The van der Waals surface area contributed by atoms with Crippen molar-refractivity contribution in [2.75, 3.05) is 6.61 Å². The number of aromatic hydroxyl groups is 2. The van der Waals surface area contributed by atoms with Gasteiger partial charge in [0.1, 0.15) is 11.5 Å². The van der Waals surface area contributed by atoms with Crippen LogP contribution in [0.5, 0.6) is 11.5 Å². The molecule has 6 nitrogen and oxygen atoms in total. The highest BCUT2D eigenvalue weighted by molar-refractivity contribution is 5.70. The lowest BCUT2D eigenvalue weighted by Gasteiger charge is -2.28. The van der Waals surface area contributed by atoms with Gasteiger partial charge in [-0.1, -0.05) is 320 Å². The summed E-state index contributed by atoms with van der Waals surface area (Å²) in [6.45, 7) is 30.4. The van der Waals surface area contributed by atoms with E-state index in [1.165, 1.54) is 180 Å². The summed E-state index contributed by atoms with van der Waals surface area (Å²) in [5.41, 5.74) is 5.11. The van der Waals surface area contributed by atoms with Gasteiger partial charge in [0.2, 0.25) is 0 Å². The summed E-state index contributed by atoms with van der Waals surface area (Å²) in [4.78, 5) is 24.4. The predicted molar refractivity (Wildman–Crippen MR) is 329 cm³/mol. The molecule has 0 saturated carbocycles. The Kier molecular flexibility index (Phi) is 36.8. The Morgan fingerprint density at radius 3 is 0.947 bits per heavy atom. The topological polar surface area (TPSA) is 104 Å². The van der Waals surface area contributed by atoms with Gasteiger partial charge in [0.05, 0.1) is 12.5 Å². The standard InChI is InChI=1S/2C35H62O3/c1-8-9-10-11-12-13-14-15-16-17-18-19-20-21-22-23-26-38-32(36)25-24-29-27-30(34(2,3)4)33(37)31(28-29)35(5,6)7;1-8-9-10-11-12-13-14-15-16-17-18-19-20-21-22-23-24-29(33(37)38)25-28-26-30(34(2,3)4)32(36)31(27-28)35(5,6)7/h27-28,37H,8-26H2,1-7H3;26-27,29,36H,8-25H2,1-7H3,(H,37,38). The molecule has 0 aliphatic rings. The number of hydrogen-bond acceptors (Lipinski definition) is 5. The zero-order chi connectivity index (χ0) is 57.0. The molecule has 1 unspecified atom stereocenters. The second-order valence-electron chi connectivity index (χ2n) is 27.4. The largest absolute Gasteiger partial charge is 0.507 e. The molecule has 3 N–H and O–H groups in total. The van der Waals surface area contributed by atoms with Gasteiger partial charge in [-0.15, -0.1) is 0 Å². The molecule has 1 atom stereocenters. The lowest BCUT2D eigenvalue weighted by molar-refractivity contribution is -0.144. The maximum absolute atomic E-state index is 12.3. The number of benzene rings is 2. The van der Waals surface area contributed by atoms with Gasteiger partial charge in [-0.25, -0.2) is 0 Å². The smallest absolute Gasteiger partial charge is 0.306 e. The lowest BCUT2D eigenvalue weighted by Crippen LogP contribution is -2.20. The average molecular weight is 1060 g/mol. The summed E-state index contributed by atoms with van der Waals surface area (Å²) >= 11 is 0. The number of phenols is 2. The van der Waals surface area contributed by atoms with Gasteiger partial charge in [0.25, 0.3) is 0 Å². The summed E-state index contributed by atoms with van der Waals surface area (Å²) in [5.74, 6) is -0.438. The van der Waals surface area contributed by atoms with Gasteiger partial charge < -0.3 is 20.1 Å². The highest BCUT2D eigenvalue weighted by Gasteiger charge is 2.29. The number of phenolic OH excluding ortho intramolecular Hbond substituents is 2. The first-order valence-electron chi connectivity index (χ1n) is 32.0. The molecule has 0 aliphatic heterocycles. The third kappa shape index (κ3) is 32.8. The van der Waals surface area contributed by atoms with E-state index in [0.29, 0.717) is 37.4 Å². The van der Waals surface area contributed by atoms with Crippen molar-refractivity contribution in [1.29, 1.82) is 0 Å². The van der Waals surface area contributed by atoms with E-state index in [4.69, 9.17) is 4.74 Å². The summed E-state index contributed by atoms with van der Waals surface area (Å²) in [5, 5.41) is 31.8. The molecule has 0 bridgehead atoms. The Balaban J connectivity index is 0.000000760. The molecule has 0 radical (unpaired) electrons. The number of rotatable bonds is 40. The second kappa shape index (κ2) is 39.4. The van der Waals surface area contributed by atoms with Crippen LogP contribution in [0, 0.1) is 5.92 Å². The van der Waals surface area contributed by atoms with Gasteiger partial charge in [-0.3, -0.25) is 9.59 Å². The van der Waals surface area contributed by atoms with E-state index >= 15 is 0 Å². The van der Waals surface area contributed by atoms with Crippen LogP contribution >= 0.6 is 0 Å². The normalized spacial score (nSPS) is 12.7. The molecule has 76 heavy (non-hydrogen) atoms. The van der Waals surface area contributed by atoms with Crippen LogP contribution in [-0.4, -0.2) is 33.9 Å². The van der Waals surface area contributed by atoms with E-state index in [-0.39, 0.29) is 33.5 Å². The minimum absolute atomic E-state index is 0.117. The first kappa shape index (κ1) is 71.0. The molecule has 0 aromatic heterocycles. The van der Waals surface area contributed by atoms with Gasteiger partial charge in [0, 0.05) is 6.42 Å². The van der Waals surface area contributed by atoms with Crippen LogP contribution in [0.3, 0.4) is 0 Å². The summed E-state index contributed by atoms with van der Waals surface area (Å²) in [6.07, 6.45) is 45.0. The van der Waals surface area contributed by atoms with Crippen molar-refractivity contribution in [2.45, 2.75) is 350 Å². The van der Waals surface area contributed by atoms with Crippen molar-refractivity contribution in [1.82, 2.24) is 0 Å². The van der Waals surface area contributed by atoms with E-state index in [2.05, 4.69) is 109 Å². The van der Waals surface area contributed by atoms with Gasteiger partial charge in [0.15, 0.2) is 0 Å². The van der Waals surface area contributed by atoms with E-state index in [1.807, 2.05) is 12.1 Å². The fraction of sp³-hybridized carbons (Fsp3) is 0.800. The number of ether oxygens (including phenoxy) is 1. The molecule has 2 rings (SSSR count). The summed E-state index contributed by atoms with van der Waals surface area (Å²) in [6, 6.07) is 8.20. The molecule has 0 spiro atoms. The van der Waals surface area contributed by atoms with Gasteiger partial charge in [-0.2, -0.15) is 0 Å². The molecule has 2 aromatic rings. The van der Waals surface area contributed by atoms with Crippen LogP contribution < -0.4 is 0 Å². The van der Waals surface area contributed by atoms with Crippen molar-refractivity contribution in [3.63, 3.8) is 0 Å². The highest BCUT2D eigenvalue weighted by atomic mass is 16.5. The number of carboxylic acid groups (broad SMARTS) is 1. The number of esters is 1. The number of unbranched alkanes of at least 4 members (excludes halogenated alkanes) is 30. The minimum Gasteiger partial charge on any atom is -0.507 e. The van der Waals surface area contributed by atoms with E-state index in [0.717, 1.165) is 65.5 Å². The number of carbonyl (C=O) groups excluding carboxylic acids is 1. The summed E-state index contributed by atoms with van der Waals surface area (Å²) < 4.78 is 5.51. The maximum atomic E-state index is 12.3. The molecule has 0 heterocycles. The number of carboxylic acids is 1. The highest BCUT2D eigenvalue weighted by Crippen LogP contribution is 2.42. The molecule has 2 aromatic carbocycles. The van der Waals surface area contributed by atoms with Crippen LogP contribution in [0.4, 0.5) is 0 Å². The van der Waals surface area contributed by atoms with Crippen molar-refractivity contribution in [3.8, 4) is 11.5 Å². The molecule has 0 amide bonds. The Hall–Kier alpha value is -3.02. The molecule has 440 valence electrons. The molecule has 0 fully saturated rings. The van der Waals surface area contributed by atoms with Crippen molar-refractivity contribution >= 4 is 11.9 Å². The number of carbonyl (C=O) groups is 2. The number of aryl methyl sites for hydroxylation is 1. The maximum Gasteiger partial charge on any atom is 0.306 e. The average Bonchev–Trinajstić information content (AvgIpc) is 3.33. The third-order valence-corrected chi connectivity index (χ3v) is 15.7. The Bertz CT molecular complexity index is 1740. The van der Waals surface area contributed by atoms with Crippen LogP contribution in [0.25, 0.3) is 0 Å². The molecular formula is C70H124O6. The quantitative estimate of drug-likeness (QED) is 0.0454. The van der Waals surface area contributed by atoms with Crippen molar-refractivity contribution in [2.24, 2.45) is 5.92 Å².